The summed E-state index contributed by atoms with van der Waals surface area (Å²) in [5.74, 6) is -0.203. The Labute approximate surface area is 95.8 Å². The molecule has 2 aliphatic heterocycles. The average molecular weight is 228 g/mol. The molecule has 0 unspecified atom stereocenters. The van der Waals surface area contributed by atoms with Gasteiger partial charge in [0.1, 0.15) is 12.1 Å². The SMILES string of the molecule is CN1CCC(OC(=O)[C@@H]2C[C@H](O)CN2)CC1. The molecule has 0 bridgehead atoms. The van der Waals surface area contributed by atoms with Crippen molar-refractivity contribution in [2.45, 2.75) is 37.5 Å². The maximum atomic E-state index is 11.7. The third-order valence-corrected chi connectivity index (χ3v) is 3.34. The van der Waals surface area contributed by atoms with E-state index in [-0.39, 0.29) is 18.1 Å². The number of likely N-dealkylation sites (tertiary alicyclic amines) is 1. The lowest BCUT2D eigenvalue weighted by atomic mass is 10.1. The van der Waals surface area contributed by atoms with Crippen molar-refractivity contribution in [1.29, 1.82) is 0 Å². The molecule has 0 aromatic carbocycles. The third kappa shape index (κ3) is 2.93. The van der Waals surface area contributed by atoms with E-state index in [0.717, 1.165) is 25.9 Å². The van der Waals surface area contributed by atoms with E-state index in [1.807, 2.05) is 0 Å². The fraction of sp³-hybridized carbons (Fsp3) is 0.909. The number of esters is 1. The second-order valence-electron chi connectivity index (χ2n) is 4.79. The molecule has 2 heterocycles. The van der Waals surface area contributed by atoms with Gasteiger partial charge in [-0.25, -0.2) is 0 Å². The zero-order chi connectivity index (χ0) is 11.5. The Morgan fingerprint density at radius 2 is 2.12 bits per heavy atom. The molecule has 0 aromatic heterocycles. The van der Waals surface area contributed by atoms with Crippen molar-refractivity contribution in [2.24, 2.45) is 0 Å². The van der Waals surface area contributed by atoms with Crippen molar-refractivity contribution in [3.05, 3.63) is 0 Å². The summed E-state index contributed by atoms with van der Waals surface area (Å²) in [6, 6.07) is -0.311. The van der Waals surface area contributed by atoms with Crippen LogP contribution >= 0.6 is 0 Å². The maximum absolute atomic E-state index is 11.7. The van der Waals surface area contributed by atoms with E-state index >= 15 is 0 Å². The van der Waals surface area contributed by atoms with Crippen molar-refractivity contribution >= 4 is 5.97 Å². The normalized spacial score (nSPS) is 32.9. The molecule has 92 valence electrons. The Morgan fingerprint density at radius 1 is 1.44 bits per heavy atom. The average Bonchev–Trinajstić information content (AvgIpc) is 2.68. The van der Waals surface area contributed by atoms with Crippen LogP contribution in [-0.4, -0.2) is 60.9 Å². The summed E-state index contributed by atoms with van der Waals surface area (Å²) in [6.07, 6.45) is 1.96. The molecule has 16 heavy (non-hydrogen) atoms. The van der Waals surface area contributed by atoms with E-state index in [2.05, 4.69) is 17.3 Å². The molecule has 0 aliphatic carbocycles. The van der Waals surface area contributed by atoms with Crippen LogP contribution in [-0.2, 0) is 9.53 Å². The number of β-amino-alcohol motifs (C(OH)–C–C–N with tert-alkyl or cyclic N) is 1. The van der Waals surface area contributed by atoms with Gasteiger partial charge in [0.05, 0.1) is 6.10 Å². The van der Waals surface area contributed by atoms with Crippen molar-refractivity contribution in [2.75, 3.05) is 26.7 Å². The lowest BCUT2D eigenvalue weighted by Crippen LogP contribution is -2.39. The van der Waals surface area contributed by atoms with Gasteiger partial charge in [0.2, 0.25) is 0 Å². The number of rotatable bonds is 2. The highest BCUT2D eigenvalue weighted by Crippen LogP contribution is 2.15. The van der Waals surface area contributed by atoms with Crippen LogP contribution in [0.3, 0.4) is 0 Å². The third-order valence-electron chi connectivity index (χ3n) is 3.34. The Balaban J connectivity index is 1.75. The van der Waals surface area contributed by atoms with Gasteiger partial charge in [-0.3, -0.25) is 4.79 Å². The van der Waals surface area contributed by atoms with Crippen molar-refractivity contribution in [1.82, 2.24) is 10.2 Å². The van der Waals surface area contributed by atoms with Crippen LogP contribution < -0.4 is 5.32 Å². The summed E-state index contributed by atoms with van der Waals surface area (Å²) in [5.41, 5.74) is 0. The van der Waals surface area contributed by atoms with Gasteiger partial charge in [-0.15, -0.1) is 0 Å². The number of carbonyl (C=O) groups excluding carboxylic acids is 1. The minimum absolute atomic E-state index is 0.0586. The van der Waals surface area contributed by atoms with Crippen LogP contribution in [0.25, 0.3) is 0 Å². The number of nitrogens with zero attached hydrogens (tertiary/aromatic N) is 1. The van der Waals surface area contributed by atoms with E-state index < -0.39 is 6.10 Å². The Kier molecular flexibility index (Phi) is 3.78. The largest absolute Gasteiger partial charge is 0.461 e. The summed E-state index contributed by atoms with van der Waals surface area (Å²) in [7, 11) is 2.08. The quantitative estimate of drug-likeness (QED) is 0.615. The summed E-state index contributed by atoms with van der Waals surface area (Å²) in [6.45, 7) is 2.46. The molecule has 0 aromatic rings. The highest BCUT2D eigenvalue weighted by molar-refractivity contribution is 5.76. The molecule has 2 aliphatic rings. The number of hydrogen-bond donors (Lipinski definition) is 2. The molecule has 5 nitrogen and oxygen atoms in total. The van der Waals surface area contributed by atoms with E-state index in [0.29, 0.717) is 13.0 Å². The summed E-state index contributed by atoms with van der Waals surface area (Å²) in [4.78, 5) is 14.0. The lowest BCUT2D eigenvalue weighted by Gasteiger charge is -2.29. The van der Waals surface area contributed by atoms with E-state index in [1.54, 1.807) is 0 Å². The topological polar surface area (TPSA) is 61.8 Å². The highest BCUT2D eigenvalue weighted by Gasteiger charge is 2.31. The van der Waals surface area contributed by atoms with E-state index in [1.165, 1.54) is 0 Å². The number of aliphatic hydroxyl groups is 1. The lowest BCUT2D eigenvalue weighted by molar-refractivity contribution is -0.153. The first-order valence-electron chi connectivity index (χ1n) is 5.95. The van der Waals surface area contributed by atoms with Gasteiger partial charge in [0, 0.05) is 26.1 Å². The van der Waals surface area contributed by atoms with Gasteiger partial charge in [-0.1, -0.05) is 0 Å². The molecule has 0 saturated carbocycles. The van der Waals surface area contributed by atoms with Crippen LogP contribution in [0.5, 0.6) is 0 Å². The smallest absolute Gasteiger partial charge is 0.323 e. The molecule has 0 amide bonds. The fourth-order valence-electron chi connectivity index (χ4n) is 2.25. The van der Waals surface area contributed by atoms with Crippen LogP contribution in [0, 0.1) is 0 Å². The first kappa shape index (κ1) is 11.8. The van der Waals surface area contributed by atoms with Crippen LogP contribution in [0.15, 0.2) is 0 Å². The molecule has 2 fully saturated rings. The number of hydrogen-bond acceptors (Lipinski definition) is 5. The van der Waals surface area contributed by atoms with Crippen molar-refractivity contribution in [3.63, 3.8) is 0 Å². The second-order valence-corrected chi connectivity index (χ2v) is 4.79. The summed E-state index contributed by atoms with van der Waals surface area (Å²) < 4.78 is 5.43. The Hall–Kier alpha value is -0.650. The van der Waals surface area contributed by atoms with Gasteiger partial charge in [-0.05, 0) is 19.9 Å². The highest BCUT2D eigenvalue weighted by atomic mass is 16.5. The van der Waals surface area contributed by atoms with Gasteiger partial charge < -0.3 is 20.1 Å². The van der Waals surface area contributed by atoms with Gasteiger partial charge in [-0.2, -0.15) is 0 Å². The minimum Gasteiger partial charge on any atom is -0.461 e. The molecular weight excluding hydrogens is 208 g/mol. The number of nitrogens with one attached hydrogen (secondary N) is 1. The van der Waals surface area contributed by atoms with Crippen molar-refractivity contribution < 1.29 is 14.6 Å². The number of ether oxygens (including phenoxy) is 1. The summed E-state index contributed by atoms with van der Waals surface area (Å²) >= 11 is 0. The number of carbonyl (C=O) groups is 1. The molecular formula is C11H20N2O3. The van der Waals surface area contributed by atoms with Gasteiger partial charge in [0.25, 0.3) is 0 Å². The first-order valence-corrected chi connectivity index (χ1v) is 5.95. The Morgan fingerprint density at radius 3 is 2.69 bits per heavy atom. The molecule has 0 spiro atoms. The zero-order valence-corrected chi connectivity index (χ0v) is 9.69. The second kappa shape index (κ2) is 5.12. The molecule has 2 saturated heterocycles. The number of aliphatic hydroxyl groups excluding tert-OH is 1. The van der Waals surface area contributed by atoms with Crippen molar-refractivity contribution in [3.8, 4) is 0 Å². The molecule has 2 rings (SSSR count). The van der Waals surface area contributed by atoms with Crippen LogP contribution in [0.1, 0.15) is 19.3 Å². The fourth-order valence-corrected chi connectivity index (χ4v) is 2.25. The first-order chi connectivity index (χ1) is 7.65. The predicted octanol–water partition coefficient (Wildman–Crippen LogP) is -0.653. The molecule has 2 N–H and O–H groups in total. The summed E-state index contributed by atoms with van der Waals surface area (Å²) in [5, 5.41) is 12.3. The van der Waals surface area contributed by atoms with Crippen LogP contribution in [0.2, 0.25) is 0 Å². The molecule has 0 radical (unpaired) electrons. The number of piperidine rings is 1. The monoisotopic (exact) mass is 228 g/mol. The minimum atomic E-state index is -0.407. The molecule has 2 atom stereocenters. The zero-order valence-electron chi connectivity index (χ0n) is 9.69. The van der Waals surface area contributed by atoms with Gasteiger partial charge in [0.15, 0.2) is 0 Å². The standard InChI is InChI=1S/C11H20N2O3/c1-13-4-2-9(3-5-13)16-11(15)10-6-8(14)7-12-10/h8-10,12,14H,2-7H2,1H3/t8-,10-/m0/s1. The van der Waals surface area contributed by atoms with E-state index in [9.17, 15) is 9.90 Å². The van der Waals surface area contributed by atoms with Crippen LogP contribution in [0.4, 0.5) is 0 Å². The Bertz CT molecular complexity index is 252. The molecule has 5 heteroatoms. The van der Waals surface area contributed by atoms with Gasteiger partial charge >= 0.3 is 5.97 Å². The van der Waals surface area contributed by atoms with E-state index in [4.69, 9.17) is 4.74 Å². The predicted molar refractivity (Wildman–Crippen MR) is 59.0 cm³/mol. The maximum Gasteiger partial charge on any atom is 0.323 e.